The summed E-state index contributed by atoms with van der Waals surface area (Å²) in [6.07, 6.45) is 7.02. The van der Waals surface area contributed by atoms with Crippen LogP contribution in [-0.2, 0) is 13.6 Å². The minimum atomic E-state index is 0.308. The summed E-state index contributed by atoms with van der Waals surface area (Å²) in [7, 11) is 1.92. The molecule has 14 heavy (non-hydrogen) atoms. The molecule has 0 radical (unpaired) electrons. The maximum Gasteiger partial charge on any atom is 0.0534 e. The van der Waals surface area contributed by atoms with Crippen LogP contribution in [0.3, 0.4) is 0 Å². The van der Waals surface area contributed by atoms with Crippen molar-refractivity contribution in [2.45, 2.75) is 25.8 Å². The Labute approximate surface area is 84.9 Å². The summed E-state index contributed by atoms with van der Waals surface area (Å²) >= 11 is 0. The molecule has 0 saturated carbocycles. The zero-order chi connectivity index (χ0) is 10.2. The van der Waals surface area contributed by atoms with E-state index in [0.717, 1.165) is 32.4 Å². The highest BCUT2D eigenvalue weighted by atomic mass is 16.2. The molecular formula is C10H19N3O. The Morgan fingerprint density at radius 3 is 2.93 bits per heavy atom. The van der Waals surface area contributed by atoms with Gasteiger partial charge in [0.1, 0.15) is 0 Å². The normalized spacial score (nSPS) is 10.7. The van der Waals surface area contributed by atoms with Gasteiger partial charge in [-0.25, -0.2) is 0 Å². The maximum absolute atomic E-state index is 8.57. The molecule has 0 unspecified atom stereocenters. The van der Waals surface area contributed by atoms with Crippen molar-refractivity contribution in [3.05, 3.63) is 18.0 Å². The highest BCUT2D eigenvalue weighted by molar-refractivity contribution is 5.02. The minimum absolute atomic E-state index is 0.308. The number of hydrogen-bond acceptors (Lipinski definition) is 3. The summed E-state index contributed by atoms with van der Waals surface area (Å²) in [6.45, 7) is 2.20. The quantitative estimate of drug-likeness (QED) is 0.632. The number of nitrogens with zero attached hydrogens (tertiary/aromatic N) is 2. The zero-order valence-electron chi connectivity index (χ0n) is 8.74. The molecule has 1 aromatic rings. The average molecular weight is 197 g/mol. The summed E-state index contributed by atoms with van der Waals surface area (Å²) < 4.78 is 1.81. The van der Waals surface area contributed by atoms with Gasteiger partial charge in [-0.1, -0.05) is 0 Å². The van der Waals surface area contributed by atoms with Gasteiger partial charge >= 0.3 is 0 Å². The van der Waals surface area contributed by atoms with Crippen molar-refractivity contribution in [2.24, 2.45) is 7.05 Å². The second kappa shape index (κ2) is 6.56. The molecule has 1 rings (SSSR count). The van der Waals surface area contributed by atoms with Gasteiger partial charge in [0.25, 0.3) is 0 Å². The van der Waals surface area contributed by atoms with E-state index in [4.69, 9.17) is 5.11 Å². The summed E-state index contributed by atoms with van der Waals surface area (Å²) in [5, 5.41) is 16.0. The lowest BCUT2D eigenvalue weighted by Gasteiger charge is -2.01. The molecule has 0 bridgehead atoms. The van der Waals surface area contributed by atoms with Crippen LogP contribution in [0.5, 0.6) is 0 Å². The minimum Gasteiger partial charge on any atom is -0.396 e. The van der Waals surface area contributed by atoms with Crippen LogP contribution < -0.4 is 5.32 Å². The third-order valence-corrected chi connectivity index (χ3v) is 2.10. The highest BCUT2D eigenvalue weighted by Gasteiger charge is 1.94. The Morgan fingerprint density at radius 2 is 2.29 bits per heavy atom. The SMILES string of the molecule is Cn1cc(CNCCCCCO)cn1. The Kier molecular flexibility index (Phi) is 5.25. The first kappa shape index (κ1) is 11.2. The lowest BCUT2D eigenvalue weighted by Crippen LogP contribution is -2.14. The van der Waals surface area contributed by atoms with Gasteiger partial charge in [0.05, 0.1) is 6.20 Å². The molecule has 4 heteroatoms. The molecular weight excluding hydrogens is 178 g/mol. The zero-order valence-corrected chi connectivity index (χ0v) is 8.74. The number of aliphatic hydroxyl groups excluding tert-OH is 1. The van der Waals surface area contributed by atoms with Crippen LogP contribution in [0.1, 0.15) is 24.8 Å². The number of rotatable bonds is 7. The predicted octanol–water partition coefficient (Wildman–Crippen LogP) is 0.672. The summed E-state index contributed by atoms with van der Waals surface area (Å²) in [5.41, 5.74) is 1.22. The Balaban J connectivity index is 1.99. The largest absolute Gasteiger partial charge is 0.396 e. The Bertz CT molecular complexity index is 247. The summed E-state index contributed by atoms with van der Waals surface area (Å²) in [4.78, 5) is 0. The molecule has 0 spiro atoms. The van der Waals surface area contributed by atoms with E-state index in [-0.39, 0.29) is 0 Å². The molecule has 0 aliphatic carbocycles. The first-order chi connectivity index (χ1) is 6.83. The fourth-order valence-electron chi connectivity index (χ4n) is 1.33. The molecule has 0 aliphatic rings. The van der Waals surface area contributed by atoms with E-state index in [2.05, 4.69) is 10.4 Å². The molecule has 0 saturated heterocycles. The standard InChI is InChI=1S/C10H19N3O/c1-13-9-10(8-12-13)7-11-5-3-2-4-6-14/h8-9,11,14H,2-7H2,1H3. The topological polar surface area (TPSA) is 50.1 Å². The van der Waals surface area contributed by atoms with E-state index >= 15 is 0 Å². The van der Waals surface area contributed by atoms with Gasteiger partial charge in [0.2, 0.25) is 0 Å². The molecule has 0 amide bonds. The number of aliphatic hydroxyl groups is 1. The Morgan fingerprint density at radius 1 is 1.43 bits per heavy atom. The van der Waals surface area contributed by atoms with E-state index in [9.17, 15) is 0 Å². The molecule has 0 aliphatic heterocycles. The van der Waals surface area contributed by atoms with Crippen LogP contribution in [0.2, 0.25) is 0 Å². The third kappa shape index (κ3) is 4.39. The van der Waals surface area contributed by atoms with E-state index in [1.165, 1.54) is 5.56 Å². The molecule has 0 atom stereocenters. The van der Waals surface area contributed by atoms with Crippen molar-refractivity contribution in [2.75, 3.05) is 13.2 Å². The molecule has 2 N–H and O–H groups in total. The second-order valence-electron chi connectivity index (χ2n) is 3.48. The van der Waals surface area contributed by atoms with Crippen LogP contribution in [0, 0.1) is 0 Å². The van der Waals surface area contributed by atoms with E-state index in [1.54, 1.807) is 0 Å². The lowest BCUT2D eigenvalue weighted by molar-refractivity contribution is 0.283. The fourth-order valence-corrected chi connectivity index (χ4v) is 1.33. The van der Waals surface area contributed by atoms with E-state index in [1.807, 2.05) is 24.1 Å². The van der Waals surface area contributed by atoms with Gasteiger partial charge in [-0.3, -0.25) is 4.68 Å². The fraction of sp³-hybridized carbons (Fsp3) is 0.700. The Hall–Kier alpha value is -0.870. The molecule has 1 aromatic heterocycles. The number of aryl methyl sites for hydroxylation is 1. The van der Waals surface area contributed by atoms with Crippen LogP contribution in [0.15, 0.2) is 12.4 Å². The monoisotopic (exact) mass is 197 g/mol. The molecule has 80 valence electrons. The van der Waals surface area contributed by atoms with Gasteiger partial charge in [-0.05, 0) is 25.8 Å². The average Bonchev–Trinajstić information content (AvgIpc) is 2.58. The summed E-state index contributed by atoms with van der Waals surface area (Å²) in [6, 6.07) is 0. The smallest absolute Gasteiger partial charge is 0.0534 e. The van der Waals surface area contributed by atoms with E-state index < -0.39 is 0 Å². The van der Waals surface area contributed by atoms with Gasteiger partial charge in [-0.15, -0.1) is 0 Å². The molecule has 0 aromatic carbocycles. The van der Waals surface area contributed by atoms with Gasteiger partial charge < -0.3 is 10.4 Å². The first-order valence-electron chi connectivity index (χ1n) is 5.12. The van der Waals surface area contributed by atoms with Crippen LogP contribution in [0.4, 0.5) is 0 Å². The number of unbranched alkanes of at least 4 members (excludes halogenated alkanes) is 2. The first-order valence-corrected chi connectivity index (χ1v) is 5.12. The van der Waals surface area contributed by atoms with Crippen LogP contribution >= 0.6 is 0 Å². The number of hydrogen-bond donors (Lipinski definition) is 2. The van der Waals surface area contributed by atoms with Crippen LogP contribution in [0.25, 0.3) is 0 Å². The van der Waals surface area contributed by atoms with Crippen molar-refractivity contribution in [1.82, 2.24) is 15.1 Å². The molecule has 1 heterocycles. The van der Waals surface area contributed by atoms with E-state index in [0.29, 0.717) is 6.61 Å². The van der Waals surface area contributed by atoms with Crippen molar-refractivity contribution >= 4 is 0 Å². The van der Waals surface area contributed by atoms with Gasteiger partial charge in [0.15, 0.2) is 0 Å². The van der Waals surface area contributed by atoms with Gasteiger partial charge in [-0.2, -0.15) is 5.10 Å². The molecule has 4 nitrogen and oxygen atoms in total. The number of aromatic nitrogens is 2. The highest BCUT2D eigenvalue weighted by Crippen LogP contribution is 1.96. The lowest BCUT2D eigenvalue weighted by atomic mass is 10.2. The van der Waals surface area contributed by atoms with Gasteiger partial charge in [0, 0.05) is 32.0 Å². The second-order valence-corrected chi connectivity index (χ2v) is 3.48. The van der Waals surface area contributed by atoms with Crippen molar-refractivity contribution < 1.29 is 5.11 Å². The third-order valence-electron chi connectivity index (χ3n) is 2.10. The molecule has 0 fully saturated rings. The maximum atomic E-state index is 8.57. The van der Waals surface area contributed by atoms with Crippen molar-refractivity contribution in [3.63, 3.8) is 0 Å². The predicted molar refractivity (Wildman–Crippen MR) is 55.9 cm³/mol. The van der Waals surface area contributed by atoms with Crippen molar-refractivity contribution in [3.8, 4) is 0 Å². The summed E-state index contributed by atoms with van der Waals surface area (Å²) in [5.74, 6) is 0. The number of nitrogens with one attached hydrogen (secondary N) is 1. The van der Waals surface area contributed by atoms with Crippen molar-refractivity contribution in [1.29, 1.82) is 0 Å². The van der Waals surface area contributed by atoms with Crippen LogP contribution in [-0.4, -0.2) is 28.0 Å².